The summed E-state index contributed by atoms with van der Waals surface area (Å²) < 4.78 is 19.1. The highest BCUT2D eigenvalue weighted by atomic mass is 35.5. The molecule has 0 radical (unpaired) electrons. The van der Waals surface area contributed by atoms with Crippen molar-refractivity contribution in [2.45, 2.75) is 32.8 Å². The molecular weight excluding hydrogens is 275 g/mol. The van der Waals surface area contributed by atoms with Crippen molar-refractivity contribution in [1.82, 2.24) is 0 Å². The lowest BCUT2D eigenvalue weighted by molar-refractivity contribution is 0.299. The zero-order chi connectivity index (χ0) is 14.5. The first kappa shape index (κ1) is 14.9. The maximum atomic E-state index is 13.5. The Kier molecular flexibility index (Phi) is 5.02. The van der Waals surface area contributed by atoms with Crippen molar-refractivity contribution in [3.8, 4) is 5.75 Å². The molecule has 0 saturated carbocycles. The average Bonchev–Trinajstić information content (AvgIpc) is 2.48. The molecule has 2 aromatic carbocycles. The molecule has 2 aromatic rings. The molecule has 1 unspecified atom stereocenters. The van der Waals surface area contributed by atoms with Gasteiger partial charge in [0.05, 0.1) is 0 Å². The van der Waals surface area contributed by atoms with E-state index in [-0.39, 0.29) is 12.4 Å². The summed E-state index contributed by atoms with van der Waals surface area (Å²) in [5.41, 5.74) is 1.75. The summed E-state index contributed by atoms with van der Waals surface area (Å²) in [6.07, 6.45) is 1.11. The SMILES string of the molecule is CCC(C)c1ccc(OCc2cc(Cl)ccc2F)cc1. The molecule has 20 heavy (non-hydrogen) atoms. The molecule has 0 heterocycles. The molecule has 106 valence electrons. The van der Waals surface area contributed by atoms with E-state index in [9.17, 15) is 4.39 Å². The van der Waals surface area contributed by atoms with E-state index in [1.54, 1.807) is 6.07 Å². The first-order valence-corrected chi connectivity index (χ1v) is 7.14. The van der Waals surface area contributed by atoms with E-state index in [4.69, 9.17) is 16.3 Å². The lowest BCUT2D eigenvalue weighted by Gasteiger charge is -2.11. The van der Waals surface area contributed by atoms with E-state index in [2.05, 4.69) is 26.0 Å². The topological polar surface area (TPSA) is 9.23 Å². The molecule has 0 aliphatic heterocycles. The largest absolute Gasteiger partial charge is 0.489 e. The van der Waals surface area contributed by atoms with Gasteiger partial charge in [-0.05, 0) is 48.2 Å². The number of benzene rings is 2. The van der Waals surface area contributed by atoms with Gasteiger partial charge in [-0.3, -0.25) is 0 Å². The normalized spacial score (nSPS) is 12.2. The van der Waals surface area contributed by atoms with Gasteiger partial charge in [0.15, 0.2) is 0 Å². The lowest BCUT2D eigenvalue weighted by atomic mass is 9.99. The number of rotatable bonds is 5. The van der Waals surface area contributed by atoms with Gasteiger partial charge in [-0.1, -0.05) is 37.6 Å². The van der Waals surface area contributed by atoms with Crippen molar-refractivity contribution in [3.63, 3.8) is 0 Å². The number of halogens is 2. The highest BCUT2D eigenvalue weighted by Gasteiger charge is 2.05. The van der Waals surface area contributed by atoms with E-state index < -0.39 is 0 Å². The highest BCUT2D eigenvalue weighted by Crippen LogP contribution is 2.23. The minimum atomic E-state index is -0.300. The minimum absolute atomic E-state index is 0.176. The second-order valence-electron chi connectivity index (χ2n) is 4.90. The van der Waals surface area contributed by atoms with Crippen LogP contribution in [0.5, 0.6) is 5.75 Å². The van der Waals surface area contributed by atoms with Crippen LogP contribution in [0.25, 0.3) is 0 Å². The quantitative estimate of drug-likeness (QED) is 0.700. The summed E-state index contributed by atoms with van der Waals surface area (Å²) in [6, 6.07) is 12.4. The third-order valence-corrected chi connectivity index (χ3v) is 3.70. The van der Waals surface area contributed by atoms with Crippen LogP contribution < -0.4 is 4.74 Å². The van der Waals surface area contributed by atoms with Crippen molar-refractivity contribution in [2.24, 2.45) is 0 Å². The fraction of sp³-hybridized carbons (Fsp3) is 0.294. The van der Waals surface area contributed by atoms with Crippen molar-refractivity contribution in [3.05, 3.63) is 64.4 Å². The van der Waals surface area contributed by atoms with Gasteiger partial charge >= 0.3 is 0 Å². The van der Waals surface area contributed by atoms with Crippen LogP contribution in [-0.4, -0.2) is 0 Å². The predicted molar refractivity (Wildman–Crippen MR) is 80.9 cm³/mol. The molecule has 0 aromatic heterocycles. The number of hydrogen-bond donors (Lipinski definition) is 0. The minimum Gasteiger partial charge on any atom is -0.489 e. The van der Waals surface area contributed by atoms with Crippen LogP contribution in [-0.2, 0) is 6.61 Å². The Hall–Kier alpha value is -1.54. The van der Waals surface area contributed by atoms with Gasteiger partial charge in [-0.15, -0.1) is 0 Å². The van der Waals surface area contributed by atoms with E-state index in [1.807, 2.05) is 12.1 Å². The molecule has 0 amide bonds. The zero-order valence-electron chi connectivity index (χ0n) is 11.7. The van der Waals surface area contributed by atoms with Gasteiger partial charge in [0.2, 0.25) is 0 Å². The molecule has 0 saturated heterocycles. The molecule has 3 heteroatoms. The van der Waals surface area contributed by atoms with Crippen LogP contribution in [0.15, 0.2) is 42.5 Å². The predicted octanol–water partition coefficient (Wildman–Crippen LogP) is 5.57. The summed E-state index contributed by atoms with van der Waals surface area (Å²) in [6.45, 7) is 4.53. The molecule has 0 aliphatic carbocycles. The van der Waals surface area contributed by atoms with Gasteiger partial charge in [0.1, 0.15) is 18.2 Å². The standard InChI is InChI=1S/C17H18ClFO/c1-3-12(2)13-4-7-16(8-5-13)20-11-14-10-15(18)6-9-17(14)19/h4-10,12H,3,11H2,1-2H3. The fourth-order valence-corrected chi connectivity index (χ4v) is 2.14. The number of hydrogen-bond acceptors (Lipinski definition) is 1. The Morgan fingerprint density at radius 2 is 1.85 bits per heavy atom. The summed E-state index contributed by atoms with van der Waals surface area (Å²) in [5.74, 6) is 0.969. The Morgan fingerprint density at radius 3 is 2.50 bits per heavy atom. The summed E-state index contributed by atoms with van der Waals surface area (Å²) in [4.78, 5) is 0. The molecule has 1 nitrogen and oxygen atoms in total. The van der Waals surface area contributed by atoms with Gasteiger partial charge in [0, 0.05) is 10.6 Å². The molecule has 0 bridgehead atoms. The fourth-order valence-electron chi connectivity index (χ4n) is 1.94. The van der Waals surface area contributed by atoms with Crippen LogP contribution in [0, 0.1) is 5.82 Å². The van der Waals surface area contributed by atoms with Crippen molar-refractivity contribution >= 4 is 11.6 Å². The van der Waals surface area contributed by atoms with Crippen LogP contribution >= 0.6 is 11.6 Å². The third kappa shape index (κ3) is 3.73. The van der Waals surface area contributed by atoms with E-state index in [0.29, 0.717) is 16.5 Å². The maximum Gasteiger partial charge on any atom is 0.129 e. The van der Waals surface area contributed by atoms with Gasteiger partial charge in [-0.25, -0.2) is 4.39 Å². The first-order chi connectivity index (χ1) is 9.60. The second kappa shape index (κ2) is 6.76. The second-order valence-corrected chi connectivity index (χ2v) is 5.34. The monoisotopic (exact) mass is 292 g/mol. The maximum absolute atomic E-state index is 13.5. The van der Waals surface area contributed by atoms with Gasteiger partial charge in [0.25, 0.3) is 0 Å². The van der Waals surface area contributed by atoms with Gasteiger partial charge in [-0.2, -0.15) is 0 Å². The van der Waals surface area contributed by atoms with E-state index in [0.717, 1.165) is 12.2 Å². The Morgan fingerprint density at radius 1 is 1.15 bits per heavy atom. The Labute approximate surface area is 124 Å². The summed E-state index contributed by atoms with van der Waals surface area (Å²) >= 11 is 5.85. The zero-order valence-corrected chi connectivity index (χ0v) is 12.5. The molecule has 0 spiro atoms. The molecular formula is C17H18ClFO. The Balaban J connectivity index is 2.02. The smallest absolute Gasteiger partial charge is 0.129 e. The lowest BCUT2D eigenvalue weighted by Crippen LogP contribution is -1.99. The van der Waals surface area contributed by atoms with Crippen molar-refractivity contribution in [1.29, 1.82) is 0 Å². The van der Waals surface area contributed by atoms with Crippen LogP contribution in [0.4, 0.5) is 4.39 Å². The number of ether oxygens (including phenoxy) is 1. The van der Waals surface area contributed by atoms with Crippen LogP contribution in [0.3, 0.4) is 0 Å². The van der Waals surface area contributed by atoms with Crippen molar-refractivity contribution < 1.29 is 9.13 Å². The molecule has 1 atom stereocenters. The van der Waals surface area contributed by atoms with E-state index in [1.165, 1.54) is 17.7 Å². The van der Waals surface area contributed by atoms with E-state index >= 15 is 0 Å². The van der Waals surface area contributed by atoms with Crippen LogP contribution in [0.2, 0.25) is 5.02 Å². The van der Waals surface area contributed by atoms with Crippen molar-refractivity contribution in [2.75, 3.05) is 0 Å². The first-order valence-electron chi connectivity index (χ1n) is 6.77. The molecule has 0 aliphatic rings. The molecule has 2 rings (SSSR count). The summed E-state index contributed by atoms with van der Waals surface area (Å²) in [7, 11) is 0. The highest BCUT2D eigenvalue weighted by molar-refractivity contribution is 6.30. The summed E-state index contributed by atoms with van der Waals surface area (Å²) in [5, 5.41) is 0.511. The molecule has 0 N–H and O–H groups in total. The Bertz CT molecular complexity index is 566. The molecule has 0 fully saturated rings. The van der Waals surface area contributed by atoms with Crippen LogP contribution in [0.1, 0.15) is 37.3 Å². The van der Waals surface area contributed by atoms with Gasteiger partial charge < -0.3 is 4.74 Å². The third-order valence-electron chi connectivity index (χ3n) is 3.46. The average molecular weight is 293 g/mol.